The number of anilines is 1. The van der Waals surface area contributed by atoms with Crippen LogP contribution in [0.5, 0.6) is 5.75 Å². The molecule has 4 rings (SSSR count). The van der Waals surface area contributed by atoms with Gasteiger partial charge in [0.05, 0.1) is 22.5 Å². The van der Waals surface area contributed by atoms with Crippen LogP contribution in [0.25, 0.3) is 10.2 Å². The fourth-order valence-electron chi connectivity index (χ4n) is 3.33. The zero-order chi connectivity index (χ0) is 20.2. The van der Waals surface area contributed by atoms with E-state index < -0.39 is 11.2 Å². The number of amides is 1. The summed E-state index contributed by atoms with van der Waals surface area (Å²) in [4.78, 5) is 40.5. The normalized spacial score (nSPS) is 16.1. The summed E-state index contributed by atoms with van der Waals surface area (Å²) in [5, 5.41) is 0.854. The second-order valence-electron chi connectivity index (χ2n) is 6.71. The van der Waals surface area contributed by atoms with Crippen molar-refractivity contribution >= 4 is 44.7 Å². The van der Waals surface area contributed by atoms with E-state index in [-0.39, 0.29) is 12.0 Å². The largest absolute Gasteiger partial charge is 0.486 e. The molecule has 9 heteroatoms. The molecule has 0 radical (unpaired) electrons. The second-order valence-corrected chi connectivity index (χ2v) is 8.18. The number of carbonyl (C=O) groups is 1. The molecule has 1 atom stereocenters. The Labute approximate surface area is 169 Å². The average molecular weight is 420 g/mol. The molecular formula is C19H18ClN3O4S. The Morgan fingerprint density at radius 3 is 2.71 bits per heavy atom. The summed E-state index contributed by atoms with van der Waals surface area (Å²) in [7, 11) is 3.01. The quantitative estimate of drug-likeness (QED) is 0.640. The van der Waals surface area contributed by atoms with E-state index in [1.165, 1.54) is 11.6 Å². The summed E-state index contributed by atoms with van der Waals surface area (Å²) >= 11 is 7.27. The predicted molar refractivity (Wildman–Crippen MR) is 110 cm³/mol. The number of aromatic nitrogens is 2. The molecule has 7 nitrogen and oxygen atoms in total. The lowest BCUT2D eigenvalue weighted by atomic mass is 10.1. The van der Waals surface area contributed by atoms with Gasteiger partial charge in [-0.3, -0.25) is 18.7 Å². The lowest BCUT2D eigenvalue weighted by Crippen LogP contribution is -2.43. The van der Waals surface area contributed by atoms with Gasteiger partial charge in [0, 0.05) is 19.1 Å². The third-order valence-corrected chi connectivity index (χ3v) is 6.36. The van der Waals surface area contributed by atoms with E-state index in [4.69, 9.17) is 16.3 Å². The third-order valence-electron chi connectivity index (χ3n) is 4.93. The SMILES string of the molecule is CC[C@@H]1CN(C(=O)c2cc3c(=O)n(C)c(=O)n(C)c3s2)c2cc(Cl)ccc2O1. The topological polar surface area (TPSA) is 73.5 Å². The molecule has 0 spiro atoms. The van der Waals surface area contributed by atoms with Crippen molar-refractivity contribution in [2.24, 2.45) is 14.1 Å². The van der Waals surface area contributed by atoms with Gasteiger partial charge in [-0.1, -0.05) is 18.5 Å². The van der Waals surface area contributed by atoms with Crippen LogP contribution in [0.2, 0.25) is 5.02 Å². The molecule has 1 aromatic carbocycles. The molecule has 0 aliphatic carbocycles. The molecule has 1 aliphatic heterocycles. The van der Waals surface area contributed by atoms with Crippen LogP contribution in [0.4, 0.5) is 5.69 Å². The number of fused-ring (bicyclic) bond motifs is 2. The molecule has 0 saturated heterocycles. The van der Waals surface area contributed by atoms with Gasteiger partial charge in [-0.25, -0.2) is 4.79 Å². The molecule has 28 heavy (non-hydrogen) atoms. The van der Waals surface area contributed by atoms with Gasteiger partial charge in [-0.05, 0) is 30.7 Å². The maximum absolute atomic E-state index is 13.3. The van der Waals surface area contributed by atoms with Crippen LogP contribution in [-0.4, -0.2) is 27.7 Å². The summed E-state index contributed by atoms with van der Waals surface area (Å²) in [6.45, 7) is 2.38. The Kier molecular flexibility index (Phi) is 4.55. The maximum Gasteiger partial charge on any atom is 0.331 e. The number of hydrogen-bond acceptors (Lipinski definition) is 5. The first-order chi connectivity index (χ1) is 13.3. The minimum Gasteiger partial charge on any atom is -0.486 e. The van der Waals surface area contributed by atoms with Crippen LogP contribution >= 0.6 is 22.9 Å². The fourth-order valence-corrected chi connectivity index (χ4v) is 4.55. The van der Waals surface area contributed by atoms with Crippen LogP contribution < -0.4 is 20.9 Å². The molecule has 0 saturated carbocycles. The Bertz CT molecular complexity index is 1230. The molecule has 146 valence electrons. The van der Waals surface area contributed by atoms with Crippen LogP contribution in [0.3, 0.4) is 0 Å². The number of hydrogen-bond donors (Lipinski definition) is 0. The summed E-state index contributed by atoms with van der Waals surface area (Å²) in [5.74, 6) is 0.348. The number of carbonyl (C=O) groups excluding carboxylic acids is 1. The van der Waals surface area contributed by atoms with Crippen LogP contribution in [0, 0.1) is 0 Å². The van der Waals surface area contributed by atoms with E-state index >= 15 is 0 Å². The van der Waals surface area contributed by atoms with Crippen molar-refractivity contribution in [2.75, 3.05) is 11.4 Å². The summed E-state index contributed by atoms with van der Waals surface area (Å²) in [6.07, 6.45) is 0.608. The summed E-state index contributed by atoms with van der Waals surface area (Å²) < 4.78 is 8.36. The molecule has 1 amide bonds. The summed E-state index contributed by atoms with van der Waals surface area (Å²) in [5.41, 5.74) is -0.236. The van der Waals surface area contributed by atoms with E-state index in [0.29, 0.717) is 38.1 Å². The standard InChI is InChI=1S/C19H18ClN3O4S/c1-4-11-9-23(13-7-10(20)5-6-14(13)27-11)17(25)15-8-12-16(24)21(2)19(26)22(3)18(12)28-15/h5-8,11H,4,9H2,1-3H3/t11-/m1/s1. The molecule has 0 N–H and O–H groups in total. The smallest absolute Gasteiger partial charge is 0.331 e. The lowest BCUT2D eigenvalue weighted by Gasteiger charge is -2.34. The van der Waals surface area contributed by atoms with Gasteiger partial charge >= 0.3 is 5.69 Å². The van der Waals surface area contributed by atoms with Gasteiger partial charge < -0.3 is 9.64 Å². The van der Waals surface area contributed by atoms with Crippen molar-refractivity contribution < 1.29 is 9.53 Å². The highest BCUT2D eigenvalue weighted by molar-refractivity contribution is 7.20. The van der Waals surface area contributed by atoms with Crippen molar-refractivity contribution in [3.05, 3.63) is 55.0 Å². The van der Waals surface area contributed by atoms with Crippen LogP contribution in [0.15, 0.2) is 33.9 Å². The molecule has 2 aromatic heterocycles. The Morgan fingerprint density at radius 1 is 1.25 bits per heavy atom. The van der Waals surface area contributed by atoms with Crippen molar-refractivity contribution in [3.8, 4) is 5.75 Å². The molecule has 3 aromatic rings. The average Bonchev–Trinajstić information content (AvgIpc) is 3.15. The Balaban J connectivity index is 1.85. The van der Waals surface area contributed by atoms with Crippen molar-refractivity contribution in [1.29, 1.82) is 0 Å². The van der Waals surface area contributed by atoms with E-state index in [1.807, 2.05) is 6.92 Å². The molecular weight excluding hydrogens is 402 g/mol. The van der Waals surface area contributed by atoms with Gasteiger partial charge in [0.15, 0.2) is 0 Å². The highest BCUT2D eigenvalue weighted by Crippen LogP contribution is 2.38. The van der Waals surface area contributed by atoms with Crippen molar-refractivity contribution in [3.63, 3.8) is 0 Å². The number of halogens is 1. The first kappa shape index (κ1) is 18.8. The van der Waals surface area contributed by atoms with E-state index in [2.05, 4.69) is 0 Å². The summed E-state index contributed by atoms with van der Waals surface area (Å²) in [6, 6.07) is 6.73. The highest BCUT2D eigenvalue weighted by Gasteiger charge is 2.31. The van der Waals surface area contributed by atoms with Crippen molar-refractivity contribution in [1.82, 2.24) is 9.13 Å². The molecule has 3 heterocycles. The zero-order valence-corrected chi connectivity index (χ0v) is 17.1. The minimum atomic E-state index is -0.423. The highest BCUT2D eigenvalue weighted by atomic mass is 35.5. The van der Waals surface area contributed by atoms with Gasteiger partial charge in [-0.15, -0.1) is 11.3 Å². The number of benzene rings is 1. The molecule has 0 fully saturated rings. The molecule has 0 unspecified atom stereocenters. The molecule has 1 aliphatic rings. The van der Waals surface area contributed by atoms with Gasteiger partial charge in [-0.2, -0.15) is 0 Å². The minimum absolute atomic E-state index is 0.135. The monoisotopic (exact) mass is 419 g/mol. The van der Waals surface area contributed by atoms with Crippen molar-refractivity contribution in [2.45, 2.75) is 19.4 Å². The molecule has 0 bridgehead atoms. The van der Waals surface area contributed by atoms with E-state index in [0.717, 1.165) is 22.3 Å². The van der Waals surface area contributed by atoms with E-state index in [1.54, 1.807) is 36.2 Å². The van der Waals surface area contributed by atoms with E-state index in [9.17, 15) is 14.4 Å². The first-order valence-electron chi connectivity index (χ1n) is 8.79. The number of ether oxygens (including phenoxy) is 1. The fraction of sp³-hybridized carbons (Fsp3) is 0.316. The zero-order valence-electron chi connectivity index (χ0n) is 15.6. The second kappa shape index (κ2) is 6.79. The number of aryl methyl sites for hydroxylation is 1. The van der Waals surface area contributed by atoms with Gasteiger partial charge in [0.2, 0.25) is 0 Å². The Morgan fingerprint density at radius 2 is 2.00 bits per heavy atom. The number of rotatable bonds is 2. The Hall–Kier alpha value is -2.58. The van der Waals surface area contributed by atoms with Crippen LogP contribution in [-0.2, 0) is 14.1 Å². The van der Waals surface area contributed by atoms with Crippen LogP contribution in [0.1, 0.15) is 23.0 Å². The lowest BCUT2D eigenvalue weighted by molar-refractivity contribution is 0.0958. The van der Waals surface area contributed by atoms with Gasteiger partial charge in [0.25, 0.3) is 11.5 Å². The number of nitrogens with zero attached hydrogens (tertiary/aromatic N) is 3. The van der Waals surface area contributed by atoms with Gasteiger partial charge in [0.1, 0.15) is 16.7 Å². The predicted octanol–water partition coefficient (Wildman–Crippen LogP) is 2.77. The first-order valence-corrected chi connectivity index (χ1v) is 9.99. The maximum atomic E-state index is 13.3. The number of thiophene rings is 1. The third kappa shape index (κ3) is 2.84.